The number of rotatable bonds is 10. The van der Waals surface area contributed by atoms with E-state index in [2.05, 4.69) is 21.0 Å². The molecule has 0 N–H and O–H groups in total. The van der Waals surface area contributed by atoms with E-state index >= 15 is 0 Å². The molecule has 0 radical (unpaired) electrons. The first-order chi connectivity index (χ1) is 16.1. The summed E-state index contributed by atoms with van der Waals surface area (Å²) in [5.74, 6) is 1.62. The van der Waals surface area contributed by atoms with E-state index in [1.165, 1.54) is 5.69 Å². The molecule has 3 aromatic rings. The zero-order valence-electron chi connectivity index (χ0n) is 21.9. The Bertz CT molecular complexity index is 1090. The first kappa shape index (κ1) is 27.1. The van der Waals surface area contributed by atoms with Crippen LogP contribution in [0.15, 0.2) is 59.4 Å². The summed E-state index contributed by atoms with van der Waals surface area (Å²) in [6, 6.07) is 17.7. The number of hydrogen-bond acceptors (Lipinski definition) is 5. The number of ether oxygens (including phenoxy) is 1. The van der Waals surface area contributed by atoms with Crippen LogP contribution in [0.3, 0.4) is 0 Å². The third-order valence-electron chi connectivity index (χ3n) is 6.03. The summed E-state index contributed by atoms with van der Waals surface area (Å²) in [5, 5.41) is 5.34. The summed E-state index contributed by atoms with van der Waals surface area (Å²) in [6.07, 6.45) is 1.62. The van der Waals surface area contributed by atoms with Crippen LogP contribution >= 0.6 is 11.6 Å². The van der Waals surface area contributed by atoms with Gasteiger partial charge >= 0.3 is 43.4 Å². The van der Waals surface area contributed by atoms with Crippen LogP contribution in [-0.2, 0) is 19.5 Å². The Balaban J connectivity index is 0.00000216. The van der Waals surface area contributed by atoms with Gasteiger partial charge in [-0.1, -0.05) is 42.8 Å². The minimum Gasteiger partial charge on any atom is -1.00 e. The minimum atomic E-state index is -0.0470. The predicted octanol–water partition coefficient (Wildman–Crippen LogP) is 3.40. The minimum absolute atomic E-state index is 0. The van der Waals surface area contributed by atoms with E-state index in [4.69, 9.17) is 16.3 Å². The molecule has 4 rings (SSSR count). The van der Waals surface area contributed by atoms with Crippen LogP contribution in [0, 0.1) is 0 Å². The number of halogens is 1. The number of benzene rings is 2. The monoisotopic (exact) mass is 511 g/mol. The predicted molar refractivity (Wildman–Crippen MR) is 141 cm³/mol. The molecule has 0 bridgehead atoms. The zero-order valence-corrected chi connectivity index (χ0v) is 22.9. The molecule has 34 heavy (non-hydrogen) atoms. The molecular formula is C25H34CaClN5O2. The van der Waals surface area contributed by atoms with Crippen molar-refractivity contribution < 1.29 is 7.59 Å². The van der Waals surface area contributed by atoms with Gasteiger partial charge in [-0.25, -0.2) is 9.48 Å². The van der Waals surface area contributed by atoms with Crippen LogP contribution in [0.2, 0.25) is 5.02 Å². The van der Waals surface area contributed by atoms with Crippen molar-refractivity contribution in [3.8, 4) is 5.75 Å². The van der Waals surface area contributed by atoms with E-state index in [0.29, 0.717) is 19.7 Å². The van der Waals surface area contributed by atoms with Crippen LogP contribution in [0.25, 0.3) is 0 Å². The zero-order chi connectivity index (χ0) is 23.0. The number of aromatic nitrogens is 3. The van der Waals surface area contributed by atoms with Crippen molar-refractivity contribution in [1.82, 2.24) is 19.2 Å². The summed E-state index contributed by atoms with van der Waals surface area (Å²) in [4.78, 5) is 17.7. The quantitative estimate of drug-likeness (QED) is 0.390. The molecule has 0 atom stereocenters. The van der Waals surface area contributed by atoms with Gasteiger partial charge in [0.25, 0.3) is 0 Å². The van der Waals surface area contributed by atoms with Crippen molar-refractivity contribution in [3.63, 3.8) is 0 Å². The first-order valence-corrected chi connectivity index (χ1v) is 12.1. The van der Waals surface area contributed by atoms with E-state index < -0.39 is 0 Å². The molecule has 0 amide bonds. The van der Waals surface area contributed by atoms with Crippen LogP contribution < -0.4 is 15.3 Å². The van der Waals surface area contributed by atoms with Gasteiger partial charge in [-0.05, 0) is 36.8 Å². The molecular weight excluding hydrogens is 478 g/mol. The van der Waals surface area contributed by atoms with Gasteiger partial charge in [-0.15, -0.1) is 0 Å². The normalized spacial score (nSPS) is 14.1. The summed E-state index contributed by atoms with van der Waals surface area (Å²) >= 11 is 6.13. The van der Waals surface area contributed by atoms with Crippen molar-refractivity contribution in [1.29, 1.82) is 0 Å². The Morgan fingerprint density at radius 1 is 1.00 bits per heavy atom. The van der Waals surface area contributed by atoms with E-state index in [-0.39, 0.29) is 46.3 Å². The topological polar surface area (TPSA) is 55.5 Å². The molecule has 2 aromatic carbocycles. The van der Waals surface area contributed by atoms with Crippen molar-refractivity contribution in [3.05, 3.63) is 75.9 Å². The van der Waals surface area contributed by atoms with E-state index in [9.17, 15) is 4.79 Å². The number of anilines is 1. The van der Waals surface area contributed by atoms with Gasteiger partial charge in [0.1, 0.15) is 18.2 Å². The van der Waals surface area contributed by atoms with Gasteiger partial charge in [0.05, 0.1) is 6.54 Å². The summed E-state index contributed by atoms with van der Waals surface area (Å²) in [6.45, 7) is 8.54. The van der Waals surface area contributed by atoms with Crippen molar-refractivity contribution >= 4 is 55.0 Å². The summed E-state index contributed by atoms with van der Waals surface area (Å²) in [5.41, 5.74) is 1.14. The van der Waals surface area contributed by atoms with E-state index in [1.54, 1.807) is 9.25 Å². The Morgan fingerprint density at radius 3 is 2.47 bits per heavy atom. The second-order valence-electron chi connectivity index (χ2n) is 8.25. The van der Waals surface area contributed by atoms with Gasteiger partial charge in [0.2, 0.25) is 0 Å². The first-order valence-electron chi connectivity index (χ1n) is 11.7. The summed E-state index contributed by atoms with van der Waals surface area (Å²) < 4.78 is 9.12. The van der Waals surface area contributed by atoms with Gasteiger partial charge in [-0.3, -0.25) is 9.47 Å². The van der Waals surface area contributed by atoms with Gasteiger partial charge < -0.3 is 12.5 Å². The van der Waals surface area contributed by atoms with Gasteiger partial charge in [0.15, 0.2) is 0 Å². The number of piperazine rings is 1. The largest absolute Gasteiger partial charge is 2.00 e. The molecule has 9 heteroatoms. The fourth-order valence-corrected chi connectivity index (χ4v) is 4.42. The molecule has 1 aromatic heterocycles. The average Bonchev–Trinajstić information content (AvgIpc) is 3.15. The standard InChI is InChI=1S/C25H32ClN5O2.Ca.2H/c1-2-24-27-31(25(32)30(24)18-19-33-23-10-4-3-5-11-23)13-7-12-28-14-16-29(17-15-28)22-9-6-8-21(26)20-22;;;/h3-6,8-11,20H,2,7,12-19H2,1H3;;;/q;+2;2*-1. The van der Waals surface area contributed by atoms with Crippen LogP contribution in [-0.4, -0.2) is 96.3 Å². The SMILES string of the molecule is CCc1nn(CCCN2CCN(c3cccc(Cl)c3)CC2)c(=O)n1CCOc1ccccc1.[Ca+2].[H-].[H-]. The number of aryl methyl sites for hydroxylation is 2. The average molecular weight is 512 g/mol. The molecule has 1 fully saturated rings. The van der Waals surface area contributed by atoms with Gasteiger partial charge in [0, 0.05) is 56.4 Å². The maximum absolute atomic E-state index is 12.9. The summed E-state index contributed by atoms with van der Waals surface area (Å²) in [7, 11) is 0. The van der Waals surface area contributed by atoms with Crippen LogP contribution in [0.4, 0.5) is 5.69 Å². The maximum Gasteiger partial charge on any atom is 2.00 e. The maximum atomic E-state index is 12.9. The van der Waals surface area contributed by atoms with Crippen molar-refractivity contribution in [2.75, 3.05) is 44.2 Å². The Morgan fingerprint density at radius 2 is 1.76 bits per heavy atom. The Hall–Kier alpha value is -1.51. The van der Waals surface area contributed by atoms with Gasteiger partial charge in [-0.2, -0.15) is 5.10 Å². The van der Waals surface area contributed by atoms with Crippen molar-refractivity contribution in [2.45, 2.75) is 32.9 Å². The van der Waals surface area contributed by atoms with Crippen LogP contribution in [0.1, 0.15) is 22.0 Å². The second kappa shape index (κ2) is 13.5. The third-order valence-corrected chi connectivity index (χ3v) is 6.27. The Kier molecular flexibility index (Phi) is 10.8. The fraction of sp³-hybridized carbons (Fsp3) is 0.440. The number of hydrogen-bond donors (Lipinski definition) is 0. The number of para-hydroxylation sites is 1. The molecule has 0 spiro atoms. The molecule has 2 heterocycles. The smallest absolute Gasteiger partial charge is 1.00 e. The molecule has 0 aliphatic carbocycles. The molecule has 180 valence electrons. The van der Waals surface area contributed by atoms with E-state index in [1.807, 2.05) is 55.5 Å². The molecule has 7 nitrogen and oxygen atoms in total. The third kappa shape index (κ3) is 7.25. The molecule has 1 aliphatic rings. The molecule has 1 aliphatic heterocycles. The molecule has 1 saturated heterocycles. The Labute approximate surface area is 239 Å². The molecule has 0 saturated carbocycles. The van der Waals surface area contributed by atoms with E-state index in [0.717, 1.165) is 62.2 Å². The molecule has 0 unspecified atom stereocenters. The second-order valence-corrected chi connectivity index (χ2v) is 8.69. The van der Waals surface area contributed by atoms with Crippen molar-refractivity contribution in [2.24, 2.45) is 0 Å². The van der Waals surface area contributed by atoms with Crippen LogP contribution in [0.5, 0.6) is 5.75 Å². The number of nitrogens with zero attached hydrogens (tertiary/aromatic N) is 5. The fourth-order valence-electron chi connectivity index (χ4n) is 4.24.